The average molecular weight is 268 g/mol. The molecule has 1 aliphatic carbocycles. The van der Waals surface area contributed by atoms with Crippen molar-refractivity contribution in [2.45, 2.75) is 72.1 Å². The van der Waals surface area contributed by atoms with Crippen LogP contribution in [0.5, 0.6) is 0 Å². The molecule has 0 bridgehead atoms. The van der Waals surface area contributed by atoms with Crippen LogP contribution in [0.3, 0.4) is 0 Å². The quantitative estimate of drug-likeness (QED) is 0.634. The third-order valence-electron chi connectivity index (χ3n) is 4.55. The number of hydrogen-bond donors (Lipinski definition) is 1. The molecule has 0 radical (unpaired) electrons. The van der Waals surface area contributed by atoms with Gasteiger partial charge in [0.1, 0.15) is 0 Å². The van der Waals surface area contributed by atoms with E-state index in [2.05, 4.69) is 31.0 Å². The maximum absolute atomic E-state index is 3.65. The summed E-state index contributed by atoms with van der Waals surface area (Å²) in [6.07, 6.45) is 11.2. The summed E-state index contributed by atoms with van der Waals surface area (Å²) in [5.41, 5.74) is 0.552. The molecular formula is C17H36N2. The van der Waals surface area contributed by atoms with Gasteiger partial charge in [0.15, 0.2) is 0 Å². The van der Waals surface area contributed by atoms with E-state index in [4.69, 9.17) is 0 Å². The van der Waals surface area contributed by atoms with E-state index in [0.29, 0.717) is 5.41 Å². The van der Waals surface area contributed by atoms with Gasteiger partial charge in [0.05, 0.1) is 0 Å². The fourth-order valence-corrected chi connectivity index (χ4v) is 3.64. The molecule has 2 heteroatoms. The summed E-state index contributed by atoms with van der Waals surface area (Å²) in [7, 11) is 0. The molecule has 1 rings (SSSR count). The topological polar surface area (TPSA) is 15.3 Å². The zero-order valence-corrected chi connectivity index (χ0v) is 13.6. The van der Waals surface area contributed by atoms with Gasteiger partial charge in [-0.25, -0.2) is 0 Å². The number of nitrogens with one attached hydrogen (secondary N) is 1. The van der Waals surface area contributed by atoms with E-state index < -0.39 is 0 Å². The molecule has 1 aliphatic rings. The van der Waals surface area contributed by atoms with Gasteiger partial charge in [-0.1, -0.05) is 46.5 Å². The normalized spacial score (nSPS) is 19.6. The van der Waals surface area contributed by atoms with Gasteiger partial charge in [0.2, 0.25) is 0 Å². The summed E-state index contributed by atoms with van der Waals surface area (Å²) in [5, 5.41) is 3.65. The summed E-state index contributed by atoms with van der Waals surface area (Å²) < 4.78 is 0. The third kappa shape index (κ3) is 6.27. The number of hydrogen-bond acceptors (Lipinski definition) is 2. The van der Waals surface area contributed by atoms with Crippen LogP contribution in [0.4, 0.5) is 0 Å². The molecule has 114 valence electrons. The van der Waals surface area contributed by atoms with Crippen molar-refractivity contribution < 1.29 is 0 Å². The van der Waals surface area contributed by atoms with Gasteiger partial charge < -0.3 is 10.2 Å². The molecule has 0 saturated heterocycles. The molecule has 0 aromatic rings. The summed E-state index contributed by atoms with van der Waals surface area (Å²) in [4.78, 5) is 2.72. The molecular weight excluding hydrogens is 232 g/mol. The van der Waals surface area contributed by atoms with E-state index in [9.17, 15) is 0 Å². The lowest BCUT2D eigenvalue weighted by Crippen LogP contribution is -2.44. The lowest BCUT2D eigenvalue weighted by Gasteiger charge is -2.38. The minimum atomic E-state index is 0.552. The molecule has 0 heterocycles. The van der Waals surface area contributed by atoms with E-state index in [1.54, 1.807) is 0 Å². The van der Waals surface area contributed by atoms with Crippen LogP contribution in [0, 0.1) is 5.41 Å². The summed E-state index contributed by atoms with van der Waals surface area (Å²) in [5.74, 6) is 0. The predicted molar refractivity (Wildman–Crippen MR) is 85.7 cm³/mol. The standard InChI is InChI=1S/C17H36N2/c1-4-13-19(14-5-2)16-17(15-18-6-3)11-9-7-8-10-12-17/h18H,4-16H2,1-3H3. The molecule has 0 amide bonds. The molecule has 0 aromatic heterocycles. The van der Waals surface area contributed by atoms with E-state index in [1.165, 1.54) is 77.5 Å². The van der Waals surface area contributed by atoms with E-state index in [1.807, 2.05) is 0 Å². The molecule has 0 unspecified atom stereocenters. The van der Waals surface area contributed by atoms with Crippen molar-refractivity contribution in [1.82, 2.24) is 10.2 Å². The van der Waals surface area contributed by atoms with Crippen LogP contribution in [0.15, 0.2) is 0 Å². The summed E-state index contributed by atoms with van der Waals surface area (Å²) in [6.45, 7) is 13.1. The van der Waals surface area contributed by atoms with Crippen molar-refractivity contribution in [3.63, 3.8) is 0 Å². The SMILES string of the molecule is CCCN(CCC)CC1(CNCC)CCCCCC1. The highest BCUT2D eigenvalue weighted by Crippen LogP contribution is 2.35. The van der Waals surface area contributed by atoms with Crippen LogP contribution in [0.1, 0.15) is 72.1 Å². The van der Waals surface area contributed by atoms with Gasteiger partial charge in [-0.3, -0.25) is 0 Å². The van der Waals surface area contributed by atoms with Crippen LogP contribution in [0.25, 0.3) is 0 Å². The fraction of sp³-hybridized carbons (Fsp3) is 1.00. The number of nitrogens with zero attached hydrogens (tertiary/aromatic N) is 1. The fourth-order valence-electron chi connectivity index (χ4n) is 3.64. The Hall–Kier alpha value is -0.0800. The molecule has 1 saturated carbocycles. The van der Waals surface area contributed by atoms with E-state index in [-0.39, 0.29) is 0 Å². The monoisotopic (exact) mass is 268 g/mol. The highest BCUT2D eigenvalue weighted by atomic mass is 15.1. The van der Waals surface area contributed by atoms with Crippen molar-refractivity contribution in [1.29, 1.82) is 0 Å². The Bertz CT molecular complexity index is 201. The first-order chi connectivity index (χ1) is 9.26. The lowest BCUT2D eigenvalue weighted by atomic mass is 9.79. The average Bonchev–Trinajstić information content (AvgIpc) is 2.63. The van der Waals surface area contributed by atoms with Crippen molar-refractivity contribution in [3.05, 3.63) is 0 Å². The Morgan fingerprint density at radius 2 is 1.47 bits per heavy atom. The molecule has 19 heavy (non-hydrogen) atoms. The van der Waals surface area contributed by atoms with Gasteiger partial charge in [0.25, 0.3) is 0 Å². The molecule has 0 atom stereocenters. The second-order valence-corrected chi connectivity index (χ2v) is 6.47. The second kappa shape index (κ2) is 9.77. The maximum Gasteiger partial charge on any atom is 0.00501 e. The smallest absolute Gasteiger partial charge is 0.00501 e. The molecule has 0 aliphatic heterocycles. The highest BCUT2D eigenvalue weighted by molar-refractivity contribution is 4.86. The second-order valence-electron chi connectivity index (χ2n) is 6.47. The largest absolute Gasteiger partial charge is 0.316 e. The Balaban J connectivity index is 2.64. The summed E-state index contributed by atoms with van der Waals surface area (Å²) in [6, 6.07) is 0. The van der Waals surface area contributed by atoms with Gasteiger partial charge in [0, 0.05) is 13.1 Å². The Morgan fingerprint density at radius 1 is 0.895 bits per heavy atom. The molecule has 1 N–H and O–H groups in total. The van der Waals surface area contributed by atoms with Crippen LogP contribution < -0.4 is 5.32 Å². The predicted octanol–water partition coefficient (Wildman–Crippen LogP) is 4.06. The van der Waals surface area contributed by atoms with E-state index in [0.717, 1.165) is 6.54 Å². The molecule has 0 aromatic carbocycles. The van der Waals surface area contributed by atoms with Gasteiger partial charge in [-0.15, -0.1) is 0 Å². The van der Waals surface area contributed by atoms with Crippen LogP contribution in [0.2, 0.25) is 0 Å². The minimum absolute atomic E-state index is 0.552. The Kier molecular flexibility index (Phi) is 8.72. The zero-order chi connectivity index (χ0) is 14.0. The van der Waals surface area contributed by atoms with Crippen LogP contribution >= 0.6 is 0 Å². The van der Waals surface area contributed by atoms with Crippen molar-refractivity contribution in [2.24, 2.45) is 5.41 Å². The van der Waals surface area contributed by atoms with Crippen molar-refractivity contribution in [2.75, 3.05) is 32.7 Å². The van der Waals surface area contributed by atoms with Gasteiger partial charge in [-0.05, 0) is 50.7 Å². The van der Waals surface area contributed by atoms with Crippen molar-refractivity contribution >= 4 is 0 Å². The first-order valence-electron chi connectivity index (χ1n) is 8.69. The molecule has 1 fully saturated rings. The van der Waals surface area contributed by atoms with Crippen LogP contribution in [-0.2, 0) is 0 Å². The minimum Gasteiger partial charge on any atom is -0.316 e. The Morgan fingerprint density at radius 3 is 1.95 bits per heavy atom. The first-order valence-corrected chi connectivity index (χ1v) is 8.69. The van der Waals surface area contributed by atoms with Gasteiger partial charge in [-0.2, -0.15) is 0 Å². The van der Waals surface area contributed by atoms with Gasteiger partial charge >= 0.3 is 0 Å². The van der Waals surface area contributed by atoms with Crippen molar-refractivity contribution in [3.8, 4) is 0 Å². The first kappa shape index (κ1) is 17.0. The summed E-state index contributed by atoms with van der Waals surface area (Å²) >= 11 is 0. The zero-order valence-electron chi connectivity index (χ0n) is 13.6. The number of rotatable bonds is 9. The lowest BCUT2D eigenvalue weighted by molar-refractivity contribution is 0.127. The molecule has 0 spiro atoms. The maximum atomic E-state index is 3.65. The molecule has 2 nitrogen and oxygen atoms in total. The highest BCUT2D eigenvalue weighted by Gasteiger charge is 2.32. The Labute approximate surface area is 121 Å². The van der Waals surface area contributed by atoms with E-state index >= 15 is 0 Å². The van der Waals surface area contributed by atoms with Crippen LogP contribution in [-0.4, -0.2) is 37.6 Å². The third-order valence-corrected chi connectivity index (χ3v) is 4.55.